The maximum absolute atomic E-state index is 11.0. The van der Waals surface area contributed by atoms with Gasteiger partial charge in [-0.1, -0.05) is 19.8 Å². The summed E-state index contributed by atoms with van der Waals surface area (Å²) in [6, 6.07) is -0.839. The van der Waals surface area contributed by atoms with Gasteiger partial charge < -0.3 is 14.8 Å². The molecule has 13 heavy (non-hydrogen) atoms. The summed E-state index contributed by atoms with van der Waals surface area (Å²) in [6.07, 6.45) is 3.19. The first-order chi connectivity index (χ1) is 6.07. The average molecular weight is 188 g/mol. The zero-order chi connectivity index (χ0) is 10.3. The molecule has 0 spiro atoms. The van der Waals surface area contributed by atoms with Crippen LogP contribution in [0.3, 0.4) is 0 Å². The van der Waals surface area contributed by atoms with Gasteiger partial charge >= 0.3 is 13.1 Å². The van der Waals surface area contributed by atoms with E-state index >= 15 is 0 Å². The summed E-state index contributed by atoms with van der Waals surface area (Å²) in [7, 11) is -1.59. The van der Waals surface area contributed by atoms with Gasteiger partial charge in [-0.25, -0.2) is 0 Å². The molecule has 0 heterocycles. The zero-order valence-corrected chi connectivity index (χ0v) is 8.19. The molecule has 0 aliphatic heterocycles. The first kappa shape index (κ1) is 12.5. The summed E-state index contributed by atoms with van der Waals surface area (Å²) in [4.78, 5) is 11.0. The van der Waals surface area contributed by atoms with E-state index < -0.39 is 13.1 Å². The standard InChI is InChI=1S/C8H17BO4/c1-3-4-5-6-8(10)13-7(2)9(11)12/h7,11-12H,3-6H2,1-2H3. The number of carbonyl (C=O) groups is 1. The highest BCUT2D eigenvalue weighted by Gasteiger charge is 2.21. The van der Waals surface area contributed by atoms with Gasteiger partial charge in [0.05, 0.1) is 0 Å². The fourth-order valence-corrected chi connectivity index (χ4v) is 0.846. The predicted octanol–water partition coefficient (Wildman–Crippen LogP) is 0.510. The van der Waals surface area contributed by atoms with Crippen LogP contribution in [0.15, 0.2) is 0 Å². The van der Waals surface area contributed by atoms with Crippen molar-refractivity contribution in [2.75, 3.05) is 0 Å². The average Bonchev–Trinajstić information content (AvgIpc) is 2.04. The van der Waals surface area contributed by atoms with Crippen molar-refractivity contribution in [1.82, 2.24) is 0 Å². The van der Waals surface area contributed by atoms with Gasteiger partial charge in [-0.15, -0.1) is 0 Å². The quantitative estimate of drug-likeness (QED) is 0.362. The van der Waals surface area contributed by atoms with Gasteiger partial charge in [-0.3, -0.25) is 4.79 Å². The Hall–Kier alpha value is -0.545. The van der Waals surface area contributed by atoms with Gasteiger partial charge in [0.1, 0.15) is 6.00 Å². The predicted molar refractivity (Wildman–Crippen MR) is 49.9 cm³/mol. The lowest BCUT2D eigenvalue weighted by molar-refractivity contribution is -0.146. The van der Waals surface area contributed by atoms with Gasteiger partial charge in [0, 0.05) is 6.42 Å². The van der Waals surface area contributed by atoms with Crippen molar-refractivity contribution in [2.24, 2.45) is 0 Å². The Kier molecular flexibility index (Phi) is 6.63. The van der Waals surface area contributed by atoms with Crippen molar-refractivity contribution in [3.63, 3.8) is 0 Å². The van der Waals surface area contributed by atoms with E-state index in [0.29, 0.717) is 6.42 Å². The molecule has 1 unspecified atom stereocenters. The minimum Gasteiger partial charge on any atom is -0.465 e. The number of unbranched alkanes of at least 4 members (excludes halogenated alkanes) is 2. The molecule has 0 aliphatic rings. The number of hydrogen-bond acceptors (Lipinski definition) is 4. The Bertz CT molecular complexity index is 149. The molecule has 2 N–H and O–H groups in total. The lowest BCUT2D eigenvalue weighted by Gasteiger charge is -2.11. The maximum Gasteiger partial charge on any atom is 0.495 e. The highest BCUT2D eigenvalue weighted by atomic mass is 16.6. The van der Waals surface area contributed by atoms with Crippen LogP contribution in [0.2, 0.25) is 0 Å². The number of esters is 1. The first-order valence-electron chi connectivity index (χ1n) is 4.63. The van der Waals surface area contributed by atoms with Gasteiger partial charge in [-0.05, 0) is 13.3 Å². The molecule has 0 saturated carbocycles. The molecule has 0 saturated heterocycles. The molecule has 0 fully saturated rings. The Labute approximate surface area is 79.0 Å². The van der Waals surface area contributed by atoms with E-state index in [0.717, 1.165) is 19.3 Å². The van der Waals surface area contributed by atoms with Crippen molar-refractivity contribution < 1.29 is 19.6 Å². The summed E-state index contributed by atoms with van der Waals surface area (Å²) in [5, 5.41) is 17.2. The Morgan fingerprint density at radius 1 is 1.46 bits per heavy atom. The SMILES string of the molecule is CCCCCC(=O)OC(C)B(O)O. The number of carbonyl (C=O) groups excluding carboxylic acids is 1. The van der Waals surface area contributed by atoms with Crippen LogP contribution in [0.1, 0.15) is 39.5 Å². The van der Waals surface area contributed by atoms with E-state index in [4.69, 9.17) is 14.8 Å². The van der Waals surface area contributed by atoms with Crippen LogP contribution in [-0.2, 0) is 9.53 Å². The van der Waals surface area contributed by atoms with Crippen molar-refractivity contribution >= 4 is 13.1 Å². The molecule has 0 aromatic heterocycles. The second kappa shape index (κ2) is 6.92. The maximum atomic E-state index is 11.0. The van der Waals surface area contributed by atoms with E-state index in [9.17, 15) is 4.79 Å². The van der Waals surface area contributed by atoms with Crippen LogP contribution in [0.4, 0.5) is 0 Å². The second-order valence-corrected chi connectivity index (χ2v) is 3.07. The number of rotatable bonds is 6. The minimum absolute atomic E-state index is 0.352. The highest BCUT2D eigenvalue weighted by molar-refractivity contribution is 6.42. The van der Waals surface area contributed by atoms with E-state index in [1.165, 1.54) is 6.92 Å². The zero-order valence-electron chi connectivity index (χ0n) is 8.19. The molecule has 0 aromatic carbocycles. The first-order valence-corrected chi connectivity index (χ1v) is 4.63. The van der Waals surface area contributed by atoms with Crippen LogP contribution >= 0.6 is 0 Å². The van der Waals surface area contributed by atoms with Gasteiger partial charge in [0.2, 0.25) is 0 Å². The third-order valence-electron chi connectivity index (χ3n) is 1.72. The molecule has 0 radical (unpaired) electrons. The Morgan fingerprint density at radius 2 is 2.08 bits per heavy atom. The summed E-state index contributed by atoms with van der Waals surface area (Å²) in [5.41, 5.74) is 0. The van der Waals surface area contributed by atoms with E-state index in [1.54, 1.807) is 0 Å². The summed E-state index contributed by atoms with van der Waals surface area (Å²) >= 11 is 0. The summed E-state index contributed by atoms with van der Waals surface area (Å²) in [5.74, 6) is -0.367. The molecule has 4 nitrogen and oxygen atoms in total. The van der Waals surface area contributed by atoms with Crippen LogP contribution in [0, 0.1) is 0 Å². The lowest BCUT2D eigenvalue weighted by atomic mass is 9.84. The molecule has 1 atom stereocenters. The van der Waals surface area contributed by atoms with Crippen molar-refractivity contribution in [1.29, 1.82) is 0 Å². The van der Waals surface area contributed by atoms with Crippen molar-refractivity contribution in [2.45, 2.75) is 45.5 Å². The topological polar surface area (TPSA) is 66.8 Å². The molecule has 0 aromatic rings. The smallest absolute Gasteiger partial charge is 0.465 e. The largest absolute Gasteiger partial charge is 0.495 e. The fraction of sp³-hybridized carbons (Fsp3) is 0.875. The van der Waals surface area contributed by atoms with Crippen LogP contribution in [0.25, 0.3) is 0 Å². The minimum atomic E-state index is -1.59. The molecule has 0 bridgehead atoms. The molecule has 0 aliphatic carbocycles. The molecule has 5 heteroatoms. The van der Waals surface area contributed by atoms with Crippen molar-refractivity contribution in [3.8, 4) is 0 Å². The summed E-state index contributed by atoms with van der Waals surface area (Å²) in [6.45, 7) is 3.49. The monoisotopic (exact) mass is 188 g/mol. The Balaban J connectivity index is 3.50. The highest BCUT2D eigenvalue weighted by Crippen LogP contribution is 2.02. The van der Waals surface area contributed by atoms with E-state index in [-0.39, 0.29) is 5.97 Å². The number of hydrogen-bond donors (Lipinski definition) is 2. The van der Waals surface area contributed by atoms with Gasteiger partial charge in [0.15, 0.2) is 0 Å². The second-order valence-electron chi connectivity index (χ2n) is 3.07. The molecule has 0 amide bonds. The summed E-state index contributed by atoms with van der Waals surface area (Å²) < 4.78 is 4.72. The van der Waals surface area contributed by atoms with E-state index in [1.807, 2.05) is 6.92 Å². The van der Waals surface area contributed by atoms with E-state index in [2.05, 4.69) is 0 Å². The van der Waals surface area contributed by atoms with Crippen LogP contribution < -0.4 is 0 Å². The Morgan fingerprint density at radius 3 is 2.54 bits per heavy atom. The van der Waals surface area contributed by atoms with Crippen LogP contribution in [-0.4, -0.2) is 29.1 Å². The molecular formula is C8H17BO4. The normalized spacial score (nSPS) is 12.3. The van der Waals surface area contributed by atoms with Crippen molar-refractivity contribution in [3.05, 3.63) is 0 Å². The van der Waals surface area contributed by atoms with Crippen LogP contribution in [0.5, 0.6) is 0 Å². The molecular weight excluding hydrogens is 171 g/mol. The fourth-order valence-electron chi connectivity index (χ4n) is 0.846. The number of ether oxygens (including phenoxy) is 1. The lowest BCUT2D eigenvalue weighted by Crippen LogP contribution is -2.32. The third-order valence-corrected chi connectivity index (χ3v) is 1.72. The third kappa shape index (κ3) is 6.60. The van der Waals surface area contributed by atoms with Gasteiger partial charge in [0.25, 0.3) is 0 Å². The molecule has 0 rings (SSSR count). The van der Waals surface area contributed by atoms with Gasteiger partial charge in [-0.2, -0.15) is 0 Å². The molecule has 76 valence electrons.